The molecule has 2 unspecified atom stereocenters. The Kier molecular flexibility index (Phi) is 3.97. The lowest BCUT2D eigenvalue weighted by molar-refractivity contribution is -0.145. The standard InChI is InChI=1S/C15H19NO4/c1-8-7-13(17)9(2)6-12(8)16-14(18)10-4-3-5-11(10)15(19)20/h6-7,10-11,17H,3-5H2,1-2H3,(H,16,18)(H,19,20). The molecule has 0 heterocycles. The molecule has 0 saturated heterocycles. The van der Waals surface area contributed by atoms with Gasteiger partial charge in [0, 0.05) is 5.69 Å². The minimum Gasteiger partial charge on any atom is -0.508 e. The Hall–Kier alpha value is -2.04. The van der Waals surface area contributed by atoms with E-state index in [1.165, 1.54) is 0 Å². The topological polar surface area (TPSA) is 86.6 Å². The molecule has 0 aliphatic heterocycles. The number of phenols is 1. The van der Waals surface area contributed by atoms with Gasteiger partial charge in [-0.15, -0.1) is 0 Å². The van der Waals surface area contributed by atoms with E-state index in [9.17, 15) is 14.7 Å². The van der Waals surface area contributed by atoms with Crippen LogP contribution < -0.4 is 5.32 Å². The van der Waals surface area contributed by atoms with Gasteiger partial charge in [-0.05, 0) is 49.9 Å². The first kappa shape index (κ1) is 14.4. The predicted octanol–water partition coefficient (Wildman–Crippen LogP) is 2.45. The van der Waals surface area contributed by atoms with E-state index in [2.05, 4.69) is 5.32 Å². The highest BCUT2D eigenvalue weighted by molar-refractivity contribution is 5.96. The Bertz CT molecular complexity index is 553. The summed E-state index contributed by atoms with van der Waals surface area (Å²) in [7, 11) is 0. The molecule has 20 heavy (non-hydrogen) atoms. The number of aromatic hydroxyl groups is 1. The Balaban J connectivity index is 2.16. The molecule has 0 aromatic heterocycles. The first-order valence-electron chi connectivity index (χ1n) is 6.74. The fourth-order valence-electron chi connectivity index (χ4n) is 2.73. The summed E-state index contributed by atoms with van der Waals surface area (Å²) in [5, 5.41) is 21.5. The van der Waals surface area contributed by atoms with Gasteiger partial charge < -0.3 is 15.5 Å². The highest BCUT2D eigenvalue weighted by Gasteiger charge is 2.37. The number of carbonyl (C=O) groups excluding carboxylic acids is 1. The summed E-state index contributed by atoms with van der Waals surface area (Å²) in [5.41, 5.74) is 2.06. The van der Waals surface area contributed by atoms with Crippen molar-refractivity contribution < 1.29 is 19.8 Å². The summed E-state index contributed by atoms with van der Waals surface area (Å²) < 4.78 is 0. The van der Waals surface area contributed by atoms with Crippen LogP contribution in [0, 0.1) is 25.7 Å². The van der Waals surface area contributed by atoms with Crippen LogP contribution in [0.3, 0.4) is 0 Å². The molecule has 1 fully saturated rings. The van der Waals surface area contributed by atoms with Gasteiger partial charge in [-0.3, -0.25) is 9.59 Å². The second-order valence-electron chi connectivity index (χ2n) is 5.42. The second kappa shape index (κ2) is 5.53. The SMILES string of the molecule is Cc1cc(NC(=O)C2CCCC2C(=O)O)c(C)cc1O. The number of hydrogen-bond acceptors (Lipinski definition) is 3. The van der Waals surface area contributed by atoms with Gasteiger partial charge in [0.15, 0.2) is 0 Å². The maximum atomic E-state index is 12.2. The molecular formula is C15H19NO4. The van der Waals surface area contributed by atoms with Gasteiger partial charge in [-0.25, -0.2) is 0 Å². The molecule has 1 amide bonds. The van der Waals surface area contributed by atoms with Crippen molar-refractivity contribution in [2.45, 2.75) is 33.1 Å². The maximum absolute atomic E-state index is 12.2. The lowest BCUT2D eigenvalue weighted by atomic mass is 9.95. The number of benzene rings is 1. The first-order chi connectivity index (χ1) is 9.40. The van der Waals surface area contributed by atoms with Crippen LogP contribution >= 0.6 is 0 Å². The number of hydrogen-bond donors (Lipinski definition) is 3. The number of carboxylic acid groups (broad SMARTS) is 1. The number of carboxylic acids is 1. The highest BCUT2D eigenvalue weighted by Crippen LogP contribution is 2.33. The van der Waals surface area contributed by atoms with E-state index in [1.54, 1.807) is 26.0 Å². The summed E-state index contributed by atoms with van der Waals surface area (Å²) in [6, 6.07) is 3.29. The molecule has 1 aromatic rings. The summed E-state index contributed by atoms with van der Waals surface area (Å²) in [6.45, 7) is 3.54. The molecule has 0 spiro atoms. The van der Waals surface area contributed by atoms with Crippen LogP contribution in [-0.2, 0) is 9.59 Å². The number of aryl methyl sites for hydroxylation is 2. The highest BCUT2D eigenvalue weighted by atomic mass is 16.4. The molecule has 5 nitrogen and oxygen atoms in total. The summed E-state index contributed by atoms with van der Waals surface area (Å²) in [4.78, 5) is 23.4. The largest absolute Gasteiger partial charge is 0.508 e. The lowest BCUT2D eigenvalue weighted by Crippen LogP contribution is -2.30. The molecule has 1 aliphatic rings. The van der Waals surface area contributed by atoms with Crippen molar-refractivity contribution in [1.82, 2.24) is 0 Å². The van der Waals surface area contributed by atoms with E-state index in [0.29, 0.717) is 24.1 Å². The van der Waals surface area contributed by atoms with E-state index in [4.69, 9.17) is 5.11 Å². The molecule has 2 atom stereocenters. The minimum atomic E-state index is -0.902. The molecule has 1 aliphatic carbocycles. The van der Waals surface area contributed by atoms with E-state index in [0.717, 1.165) is 12.0 Å². The van der Waals surface area contributed by atoms with E-state index < -0.39 is 17.8 Å². The number of aliphatic carboxylic acids is 1. The summed E-state index contributed by atoms with van der Waals surface area (Å²) >= 11 is 0. The third kappa shape index (κ3) is 2.76. The van der Waals surface area contributed by atoms with Crippen LogP contribution in [0.2, 0.25) is 0 Å². The maximum Gasteiger partial charge on any atom is 0.307 e. The zero-order chi connectivity index (χ0) is 14.9. The van der Waals surface area contributed by atoms with Crippen molar-refractivity contribution in [3.63, 3.8) is 0 Å². The molecule has 5 heteroatoms. The molecule has 3 N–H and O–H groups in total. The smallest absolute Gasteiger partial charge is 0.307 e. The average molecular weight is 277 g/mol. The fraction of sp³-hybridized carbons (Fsp3) is 0.467. The predicted molar refractivity (Wildman–Crippen MR) is 74.7 cm³/mol. The Morgan fingerprint density at radius 2 is 1.80 bits per heavy atom. The van der Waals surface area contributed by atoms with Gasteiger partial charge in [0.05, 0.1) is 11.8 Å². The van der Waals surface area contributed by atoms with E-state index >= 15 is 0 Å². The monoisotopic (exact) mass is 277 g/mol. The zero-order valence-corrected chi connectivity index (χ0v) is 11.6. The first-order valence-corrected chi connectivity index (χ1v) is 6.74. The van der Waals surface area contributed by atoms with Crippen LogP contribution in [0.4, 0.5) is 5.69 Å². The number of anilines is 1. The van der Waals surface area contributed by atoms with E-state index in [1.807, 2.05) is 0 Å². The van der Waals surface area contributed by atoms with Gasteiger partial charge in [0.1, 0.15) is 5.75 Å². The molecule has 0 radical (unpaired) electrons. The van der Waals surface area contributed by atoms with Gasteiger partial charge in [0.25, 0.3) is 0 Å². The third-order valence-corrected chi connectivity index (χ3v) is 3.97. The molecular weight excluding hydrogens is 258 g/mol. The van der Waals surface area contributed by atoms with Crippen molar-refractivity contribution in [2.24, 2.45) is 11.8 Å². The Morgan fingerprint density at radius 1 is 1.15 bits per heavy atom. The van der Waals surface area contributed by atoms with Gasteiger partial charge in [-0.1, -0.05) is 6.42 Å². The lowest BCUT2D eigenvalue weighted by Gasteiger charge is -2.17. The van der Waals surface area contributed by atoms with Crippen molar-refractivity contribution in [2.75, 3.05) is 5.32 Å². The molecule has 0 bridgehead atoms. The molecule has 1 saturated carbocycles. The van der Waals surface area contributed by atoms with Crippen molar-refractivity contribution in [3.05, 3.63) is 23.3 Å². The fourth-order valence-corrected chi connectivity index (χ4v) is 2.73. The van der Waals surface area contributed by atoms with Crippen LogP contribution in [0.1, 0.15) is 30.4 Å². The number of carbonyl (C=O) groups is 2. The van der Waals surface area contributed by atoms with Crippen LogP contribution in [0.15, 0.2) is 12.1 Å². The zero-order valence-electron chi connectivity index (χ0n) is 11.6. The summed E-state index contributed by atoms with van der Waals surface area (Å²) in [5.74, 6) is -2.02. The number of nitrogens with one attached hydrogen (secondary N) is 1. The molecule has 108 valence electrons. The van der Waals surface area contributed by atoms with Crippen LogP contribution in [0.25, 0.3) is 0 Å². The van der Waals surface area contributed by atoms with Gasteiger partial charge in [0.2, 0.25) is 5.91 Å². The normalized spacial score (nSPS) is 21.7. The van der Waals surface area contributed by atoms with Crippen molar-refractivity contribution >= 4 is 17.6 Å². The quantitative estimate of drug-likeness (QED) is 0.741. The Labute approximate surface area is 117 Å². The molecule has 1 aromatic carbocycles. The van der Waals surface area contributed by atoms with Crippen molar-refractivity contribution in [3.8, 4) is 5.75 Å². The number of amides is 1. The number of phenolic OH excluding ortho intramolecular Hbond substituents is 1. The summed E-state index contributed by atoms with van der Waals surface area (Å²) in [6.07, 6.45) is 1.93. The number of rotatable bonds is 3. The third-order valence-electron chi connectivity index (χ3n) is 3.97. The van der Waals surface area contributed by atoms with Crippen molar-refractivity contribution in [1.29, 1.82) is 0 Å². The second-order valence-corrected chi connectivity index (χ2v) is 5.42. The molecule has 2 rings (SSSR count). The van der Waals surface area contributed by atoms with Gasteiger partial charge in [-0.2, -0.15) is 0 Å². The van der Waals surface area contributed by atoms with E-state index in [-0.39, 0.29) is 11.7 Å². The van der Waals surface area contributed by atoms with Gasteiger partial charge >= 0.3 is 5.97 Å². The average Bonchev–Trinajstić information content (AvgIpc) is 2.85. The Morgan fingerprint density at radius 3 is 2.45 bits per heavy atom. The van der Waals surface area contributed by atoms with Crippen LogP contribution in [0.5, 0.6) is 5.75 Å². The minimum absolute atomic E-state index is 0.185. The van der Waals surface area contributed by atoms with Crippen LogP contribution in [-0.4, -0.2) is 22.1 Å².